The van der Waals surface area contributed by atoms with E-state index in [-0.39, 0.29) is 0 Å². The van der Waals surface area contributed by atoms with E-state index in [1.807, 2.05) is 36.8 Å². The van der Waals surface area contributed by atoms with Gasteiger partial charge in [0.1, 0.15) is 0 Å². The first-order valence-electron chi connectivity index (χ1n) is 8.18. The molecule has 0 aliphatic rings. The van der Waals surface area contributed by atoms with Crippen LogP contribution in [0.15, 0.2) is 85.6 Å². The number of benzene rings is 1. The van der Waals surface area contributed by atoms with Crippen molar-refractivity contribution < 1.29 is 0 Å². The third-order valence-corrected chi connectivity index (χ3v) is 4.13. The molecule has 0 amide bonds. The molecule has 4 aromatic rings. The van der Waals surface area contributed by atoms with E-state index < -0.39 is 0 Å². The van der Waals surface area contributed by atoms with Crippen molar-refractivity contribution in [3.63, 3.8) is 0 Å². The van der Waals surface area contributed by atoms with Gasteiger partial charge < -0.3 is 0 Å². The highest BCUT2D eigenvalue weighted by Crippen LogP contribution is 2.31. The molecule has 3 aromatic heterocycles. The Kier molecular flexibility index (Phi) is 4.05. The molecule has 0 radical (unpaired) electrons. The fourth-order valence-electron chi connectivity index (χ4n) is 2.87. The summed E-state index contributed by atoms with van der Waals surface area (Å²) >= 11 is 0. The summed E-state index contributed by atoms with van der Waals surface area (Å²) in [6.07, 6.45) is 9.20. The Morgan fingerprint density at radius 2 is 1.20 bits per heavy atom. The van der Waals surface area contributed by atoms with Crippen molar-refractivity contribution in [3.8, 4) is 33.5 Å². The number of pyridine rings is 3. The van der Waals surface area contributed by atoms with Crippen molar-refractivity contribution in [2.45, 2.75) is 6.92 Å². The van der Waals surface area contributed by atoms with Crippen molar-refractivity contribution in [1.29, 1.82) is 0 Å². The largest absolute Gasteiger partial charge is 0.264 e. The molecule has 0 unspecified atom stereocenters. The molecule has 0 saturated heterocycles. The van der Waals surface area contributed by atoms with E-state index in [2.05, 4.69) is 58.3 Å². The lowest BCUT2D eigenvalue weighted by Crippen LogP contribution is -1.89. The Labute approximate surface area is 147 Å². The zero-order valence-corrected chi connectivity index (χ0v) is 13.9. The predicted molar refractivity (Wildman–Crippen MR) is 101 cm³/mol. The van der Waals surface area contributed by atoms with Gasteiger partial charge in [0.15, 0.2) is 0 Å². The molecule has 0 aliphatic carbocycles. The van der Waals surface area contributed by atoms with Crippen LogP contribution in [-0.4, -0.2) is 15.0 Å². The second-order valence-corrected chi connectivity index (χ2v) is 6.00. The van der Waals surface area contributed by atoms with E-state index in [1.165, 1.54) is 5.56 Å². The summed E-state index contributed by atoms with van der Waals surface area (Å²) in [4.78, 5) is 13.1. The maximum atomic E-state index is 4.55. The molecule has 3 heterocycles. The highest BCUT2D eigenvalue weighted by atomic mass is 14.7. The van der Waals surface area contributed by atoms with Gasteiger partial charge in [-0.3, -0.25) is 15.0 Å². The molecular formula is C22H17N3. The van der Waals surface area contributed by atoms with Gasteiger partial charge >= 0.3 is 0 Å². The van der Waals surface area contributed by atoms with E-state index in [0.717, 1.165) is 33.5 Å². The van der Waals surface area contributed by atoms with Gasteiger partial charge in [0.05, 0.1) is 5.69 Å². The third kappa shape index (κ3) is 3.31. The van der Waals surface area contributed by atoms with Crippen molar-refractivity contribution in [2.24, 2.45) is 0 Å². The van der Waals surface area contributed by atoms with Gasteiger partial charge in [0.2, 0.25) is 0 Å². The van der Waals surface area contributed by atoms with E-state index in [9.17, 15) is 0 Å². The molecule has 0 atom stereocenters. The van der Waals surface area contributed by atoms with E-state index in [4.69, 9.17) is 0 Å². The van der Waals surface area contributed by atoms with Crippen LogP contribution in [0.3, 0.4) is 0 Å². The minimum Gasteiger partial charge on any atom is -0.264 e. The molecule has 0 fully saturated rings. The minimum absolute atomic E-state index is 0.968. The first-order valence-corrected chi connectivity index (χ1v) is 8.18. The van der Waals surface area contributed by atoms with Gasteiger partial charge in [0.25, 0.3) is 0 Å². The van der Waals surface area contributed by atoms with Crippen LogP contribution in [-0.2, 0) is 0 Å². The minimum atomic E-state index is 0.968. The summed E-state index contributed by atoms with van der Waals surface area (Å²) in [6.45, 7) is 2.08. The Hall–Kier alpha value is -3.33. The Balaban J connectivity index is 1.92. The zero-order valence-electron chi connectivity index (χ0n) is 13.9. The molecule has 1 aromatic carbocycles. The summed E-state index contributed by atoms with van der Waals surface area (Å²) < 4.78 is 0. The molecule has 0 bridgehead atoms. The van der Waals surface area contributed by atoms with Gasteiger partial charge in [-0.25, -0.2) is 0 Å². The number of hydrogen-bond donors (Lipinski definition) is 0. The van der Waals surface area contributed by atoms with Crippen LogP contribution in [0.25, 0.3) is 33.5 Å². The molecule has 120 valence electrons. The van der Waals surface area contributed by atoms with Crippen molar-refractivity contribution in [2.75, 3.05) is 0 Å². The number of rotatable bonds is 3. The Morgan fingerprint density at radius 1 is 0.600 bits per heavy atom. The maximum Gasteiger partial charge on any atom is 0.0705 e. The molecule has 0 aliphatic heterocycles. The summed E-state index contributed by atoms with van der Waals surface area (Å²) in [5.41, 5.74) is 7.66. The van der Waals surface area contributed by atoms with Gasteiger partial charge in [-0.15, -0.1) is 0 Å². The number of nitrogens with zero attached hydrogens (tertiary/aromatic N) is 3. The molecular weight excluding hydrogens is 306 g/mol. The monoisotopic (exact) mass is 323 g/mol. The quantitative estimate of drug-likeness (QED) is 0.521. The fourth-order valence-corrected chi connectivity index (χ4v) is 2.87. The van der Waals surface area contributed by atoms with Crippen molar-refractivity contribution in [3.05, 3.63) is 91.1 Å². The second-order valence-electron chi connectivity index (χ2n) is 6.00. The Bertz CT molecular complexity index is 938. The number of hydrogen-bond acceptors (Lipinski definition) is 3. The average molecular weight is 323 g/mol. The standard InChI is InChI=1S/C22H17N3/c1-16-6-9-25-22(10-16)21-12-19(17-4-2-7-23-14-17)11-20(13-21)18-5-3-8-24-15-18/h2-15H,1H3. The van der Waals surface area contributed by atoms with Crippen LogP contribution in [0.4, 0.5) is 0 Å². The molecule has 0 saturated carbocycles. The van der Waals surface area contributed by atoms with Crippen LogP contribution in [0.2, 0.25) is 0 Å². The fraction of sp³-hybridized carbons (Fsp3) is 0.0455. The van der Waals surface area contributed by atoms with E-state index in [0.29, 0.717) is 0 Å². The van der Waals surface area contributed by atoms with Crippen LogP contribution < -0.4 is 0 Å². The summed E-state index contributed by atoms with van der Waals surface area (Å²) in [5.74, 6) is 0. The van der Waals surface area contributed by atoms with Crippen LogP contribution in [0.5, 0.6) is 0 Å². The third-order valence-electron chi connectivity index (χ3n) is 4.13. The van der Waals surface area contributed by atoms with Crippen molar-refractivity contribution in [1.82, 2.24) is 15.0 Å². The first-order chi connectivity index (χ1) is 12.3. The Morgan fingerprint density at radius 3 is 1.72 bits per heavy atom. The smallest absolute Gasteiger partial charge is 0.0705 e. The number of aryl methyl sites for hydroxylation is 1. The summed E-state index contributed by atoms with van der Waals surface area (Å²) in [7, 11) is 0. The topological polar surface area (TPSA) is 38.7 Å². The van der Waals surface area contributed by atoms with Crippen LogP contribution >= 0.6 is 0 Å². The molecule has 0 N–H and O–H groups in total. The second kappa shape index (κ2) is 6.65. The normalized spacial score (nSPS) is 10.6. The summed E-state index contributed by atoms with van der Waals surface area (Å²) in [6, 6.07) is 18.7. The average Bonchev–Trinajstić information content (AvgIpc) is 2.69. The maximum absolute atomic E-state index is 4.55. The predicted octanol–water partition coefficient (Wildman–Crippen LogP) is 5.18. The number of aromatic nitrogens is 3. The molecule has 3 heteroatoms. The van der Waals surface area contributed by atoms with E-state index >= 15 is 0 Å². The van der Waals surface area contributed by atoms with Crippen LogP contribution in [0, 0.1) is 6.92 Å². The zero-order chi connectivity index (χ0) is 17.1. The highest BCUT2D eigenvalue weighted by Gasteiger charge is 2.08. The SMILES string of the molecule is Cc1ccnc(-c2cc(-c3cccnc3)cc(-c3cccnc3)c2)c1. The lowest BCUT2D eigenvalue weighted by atomic mass is 9.96. The molecule has 25 heavy (non-hydrogen) atoms. The van der Waals surface area contributed by atoms with Gasteiger partial charge in [-0.1, -0.05) is 12.1 Å². The van der Waals surface area contributed by atoms with Gasteiger partial charge in [-0.2, -0.15) is 0 Å². The highest BCUT2D eigenvalue weighted by molar-refractivity contribution is 5.79. The molecule has 3 nitrogen and oxygen atoms in total. The lowest BCUT2D eigenvalue weighted by molar-refractivity contribution is 1.28. The molecule has 4 rings (SSSR count). The van der Waals surface area contributed by atoms with Gasteiger partial charge in [0, 0.05) is 47.7 Å². The molecule has 0 spiro atoms. The van der Waals surface area contributed by atoms with Gasteiger partial charge in [-0.05, 0) is 66.1 Å². The van der Waals surface area contributed by atoms with Crippen molar-refractivity contribution >= 4 is 0 Å². The van der Waals surface area contributed by atoms with E-state index in [1.54, 1.807) is 12.4 Å². The van der Waals surface area contributed by atoms with Crippen LogP contribution in [0.1, 0.15) is 5.56 Å². The first kappa shape index (κ1) is 15.2. The summed E-state index contributed by atoms with van der Waals surface area (Å²) in [5, 5.41) is 0. The lowest BCUT2D eigenvalue weighted by Gasteiger charge is -2.10.